The van der Waals surface area contributed by atoms with Crippen LogP contribution in [0.15, 0.2) is 94.5 Å². The number of halogens is 2. The van der Waals surface area contributed by atoms with E-state index in [1.54, 1.807) is 68.8 Å². The molecule has 5 aromatic rings. The number of carbonyl (C=O) groups is 2. The maximum Gasteiger partial charge on any atom is 0.343 e. The van der Waals surface area contributed by atoms with Gasteiger partial charge in [0.1, 0.15) is 22.9 Å². The van der Waals surface area contributed by atoms with Crippen molar-refractivity contribution < 1.29 is 23.8 Å². The molecule has 8 nitrogen and oxygen atoms in total. The van der Waals surface area contributed by atoms with Gasteiger partial charge in [0.15, 0.2) is 0 Å². The lowest BCUT2D eigenvalue weighted by molar-refractivity contribution is 0.0734. The Bertz CT molecular complexity index is 1780. The molecular weight excluding hydrogens is 610 g/mol. The van der Waals surface area contributed by atoms with Crippen molar-refractivity contribution >= 4 is 56.5 Å². The fourth-order valence-corrected chi connectivity index (χ4v) is 4.84. The van der Waals surface area contributed by atoms with Crippen molar-refractivity contribution in [2.75, 3.05) is 14.2 Å². The molecule has 0 radical (unpaired) electrons. The third-order valence-electron chi connectivity index (χ3n) is 6.25. The second-order valence-corrected chi connectivity index (χ2v) is 10.1. The molecule has 0 aliphatic heterocycles. The summed E-state index contributed by atoms with van der Waals surface area (Å²) in [7, 11) is 3.13. The molecule has 0 unspecified atom stereocenters. The first kappa shape index (κ1) is 27.9. The minimum absolute atomic E-state index is 0.265. The Morgan fingerprint density at radius 1 is 0.927 bits per heavy atom. The quantitative estimate of drug-likeness (QED) is 0.0812. The highest BCUT2D eigenvalue weighted by Crippen LogP contribution is 2.38. The topological polar surface area (TPSA) is 102 Å². The van der Waals surface area contributed by atoms with E-state index in [1.807, 2.05) is 30.3 Å². The summed E-state index contributed by atoms with van der Waals surface area (Å²) in [4.78, 5) is 29.3. The van der Waals surface area contributed by atoms with Crippen LogP contribution in [0.4, 0.5) is 0 Å². The monoisotopic (exact) mass is 631 g/mol. The molecule has 206 valence electrons. The number of hydrogen-bond acceptors (Lipinski definition) is 6. The maximum absolute atomic E-state index is 13.4. The number of ether oxygens (including phenoxy) is 3. The van der Waals surface area contributed by atoms with Crippen molar-refractivity contribution in [2.45, 2.75) is 0 Å². The van der Waals surface area contributed by atoms with Gasteiger partial charge in [-0.15, -0.1) is 0 Å². The van der Waals surface area contributed by atoms with E-state index in [9.17, 15) is 9.59 Å². The number of aromatic nitrogens is 1. The van der Waals surface area contributed by atoms with Gasteiger partial charge in [-0.1, -0.05) is 45.7 Å². The summed E-state index contributed by atoms with van der Waals surface area (Å²) in [6.07, 6.45) is 1.40. The maximum atomic E-state index is 13.4. The number of methoxy groups -OCH3 is 2. The summed E-state index contributed by atoms with van der Waals surface area (Å²) < 4.78 is 16.9. The molecule has 1 aromatic heterocycles. The van der Waals surface area contributed by atoms with Gasteiger partial charge in [0.2, 0.25) is 0 Å². The van der Waals surface area contributed by atoms with Crippen molar-refractivity contribution in [3.63, 3.8) is 0 Å². The van der Waals surface area contributed by atoms with Crippen molar-refractivity contribution in [3.05, 3.63) is 111 Å². The molecule has 0 bridgehead atoms. The molecule has 2 N–H and O–H groups in total. The van der Waals surface area contributed by atoms with Crippen LogP contribution in [-0.4, -0.2) is 37.3 Å². The van der Waals surface area contributed by atoms with Gasteiger partial charge in [-0.3, -0.25) is 4.79 Å². The summed E-state index contributed by atoms with van der Waals surface area (Å²) >= 11 is 9.95. The standard InChI is InChI=1S/C31H23BrClN3O5/c1-39-21-10-7-18(8-11-21)31(38)41-27-14-9-20(32)15-19(27)17-34-36-30(37)29-28(23-5-3-4-6-25(23)33)24-16-22(40-2)12-13-26(24)35-29/h3-17,35H,1-2H3,(H,36,37). The summed E-state index contributed by atoms with van der Waals surface area (Å²) in [5.41, 5.74) is 5.70. The molecule has 0 aliphatic rings. The number of nitrogens with zero attached hydrogens (tertiary/aromatic N) is 1. The van der Waals surface area contributed by atoms with Crippen molar-refractivity contribution in [3.8, 4) is 28.4 Å². The van der Waals surface area contributed by atoms with Crippen LogP contribution in [0.1, 0.15) is 26.4 Å². The third-order valence-corrected chi connectivity index (χ3v) is 7.07. The number of amides is 1. The molecule has 0 atom stereocenters. The zero-order chi connectivity index (χ0) is 28.9. The molecule has 0 saturated heterocycles. The molecule has 0 aliphatic carbocycles. The Labute approximate surface area is 249 Å². The molecule has 0 fully saturated rings. The van der Waals surface area contributed by atoms with E-state index in [1.165, 1.54) is 6.21 Å². The highest BCUT2D eigenvalue weighted by atomic mass is 79.9. The number of H-pyrrole nitrogens is 1. The number of esters is 1. The van der Waals surface area contributed by atoms with Crippen LogP contribution in [-0.2, 0) is 0 Å². The van der Waals surface area contributed by atoms with Crippen LogP contribution >= 0.6 is 27.5 Å². The van der Waals surface area contributed by atoms with E-state index in [2.05, 4.69) is 31.4 Å². The molecule has 1 heterocycles. The van der Waals surface area contributed by atoms with E-state index in [0.29, 0.717) is 38.8 Å². The third kappa shape index (κ3) is 6.11. The highest BCUT2D eigenvalue weighted by molar-refractivity contribution is 9.10. The van der Waals surface area contributed by atoms with Gasteiger partial charge < -0.3 is 19.2 Å². The van der Waals surface area contributed by atoms with Gasteiger partial charge in [-0.05, 0) is 66.7 Å². The molecule has 41 heavy (non-hydrogen) atoms. The summed E-state index contributed by atoms with van der Waals surface area (Å²) in [6.45, 7) is 0. The number of carbonyl (C=O) groups excluding carboxylic acids is 2. The van der Waals surface area contributed by atoms with Crippen LogP contribution in [0.2, 0.25) is 5.02 Å². The van der Waals surface area contributed by atoms with Gasteiger partial charge in [-0.25, -0.2) is 10.2 Å². The van der Waals surface area contributed by atoms with Gasteiger partial charge >= 0.3 is 5.97 Å². The summed E-state index contributed by atoms with van der Waals surface area (Å²) in [5.74, 6) is 0.493. The first-order valence-electron chi connectivity index (χ1n) is 12.3. The molecule has 0 saturated carbocycles. The number of nitrogens with one attached hydrogen (secondary N) is 2. The van der Waals surface area contributed by atoms with E-state index >= 15 is 0 Å². The number of benzene rings is 4. The smallest absolute Gasteiger partial charge is 0.343 e. The highest BCUT2D eigenvalue weighted by Gasteiger charge is 2.21. The van der Waals surface area contributed by atoms with Crippen molar-refractivity contribution in [2.24, 2.45) is 5.10 Å². The van der Waals surface area contributed by atoms with E-state index in [-0.39, 0.29) is 11.4 Å². The Hall–Kier alpha value is -4.60. The van der Waals surface area contributed by atoms with Crippen LogP contribution in [0.3, 0.4) is 0 Å². The first-order valence-corrected chi connectivity index (χ1v) is 13.5. The van der Waals surface area contributed by atoms with E-state index < -0.39 is 11.9 Å². The van der Waals surface area contributed by atoms with Crippen LogP contribution in [0, 0.1) is 0 Å². The van der Waals surface area contributed by atoms with Gasteiger partial charge in [-0.2, -0.15) is 5.10 Å². The SMILES string of the molecule is COc1ccc(C(=O)Oc2ccc(Br)cc2C=NNC(=O)c2[nH]c3ccc(OC)cc3c2-c2ccccc2Cl)cc1. The second-order valence-electron chi connectivity index (χ2n) is 8.77. The average molecular weight is 633 g/mol. The minimum Gasteiger partial charge on any atom is -0.497 e. The zero-order valence-electron chi connectivity index (χ0n) is 21.9. The van der Waals surface area contributed by atoms with Crippen molar-refractivity contribution in [1.29, 1.82) is 0 Å². The lowest BCUT2D eigenvalue weighted by Gasteiger charge is -2.09. The van der Waals surface area contributed by atoms with Crippen LogP contribution < -0.4 is 19.6 Å². The Morgan fingerprint density at radius 3 is 2.39 bits per heavy atom. The van der Waals surface area contributed by atoms with E-state index in [4.69, 9.17) is 25.8 Å². The van der Waals surface area contributed by atoms with Gasteiger partial charge in [0.25, 0.3) is 5.91 Å². The van der Waals surface area contributed by atoms with Crippen LogP contribution in [0.25, 0.3) is 22.0 Å². The number of fused-ring (bicyclic) bond motifs is 1. The number of rotatable bonds is 8. The molecule has 4 aromatic carbocycles. The Morgan fingerprint density at radius 2 is 1.66 bits per heavy atom. The Balaban J connectivity index is 1.42. The predicted octanol–water partition coefficient (Wildman–Crippen LogP) is 7.25. The van der Waals surface area contributed by atoms with Gasteiger partial charge in [0, 0.05) is 37.1 Å². The molecule has 0 spiro atoms. The normalized spacial score (nSPS) is 11.0. The lowest BCUT2D eigenvalue weighted by atomic mass is 10.0. The first-order chi connectivity index (χ1) is 19.9. The van der Waals surface area contributed by atoms with Crippen molar-refractivity contribution in [1.82, 2.24) is 10.4 Å². The fourth-order valence-electron chi connectivity index (χ4n) is 4.23. The second kappa shape index (κ2) is 12.3. The number of aromatic amines is 1. The minimum atomic E-state index is -0.549. The van der Waals surface area contributed by atoms with Gasteiger partial charge in [0.05, 0.1) is 26.0 Å². The molecular formula is C31H23BrClN3O5. The summed E-state index contributed by atoms with van der Waals surface area (Å²) in [6, 6.07) is 24.4. The summed E-state index contributed by atoms with van der Waals surface area (Å²) in [5, 5.41) is 5.41. The number of hydrazone groups is 1. The largest absolute Gasteiger partial charge is 0.497 e. The predicted molar refractivity (Wildman–Crippen MR) is 162 cm³/mol. The lowest BCUT2D eigenvalue weighted by Crippen LogP contribution is -2.19. The number of hydrogen-bond donors (Lipinski definition) is 2. The van der Waals surface area contributed by atoms with E-state index in [0.717, 1.165) is 15.4 Å². The average Bonchev–Trinajstić information content (AvgIpc) is 3.37. The Kier molecular flexibility index (Phi) is 8.37. The zero-order valence-corrected chi connectivity index (χ0v) is 24.2. The molecule has 10 heteroatoms. The fraction of sp³-hybridized carbons (Fsp3) is 0.0645. The molecule has 1 amide bonds. The molecule has 5 rings (SSSR count). The van der Waals surface area contributed by atoms with Crippen LogP contribution in [0.5, 0.6) is 17.2 Å².